The number of nitrogens with zero attached hydrogens (tertiary/aromatic N) is 2. The van der Waals surface area contributed by atoms with Crippen molar-refractivity contribution in [1.29, 1.82) is 0 Å². The Morgan fingerprint density at radius 1 is 1.75 bits per heavy atom. The Morgan fingerprint density at radius 3 is 2.94 bits per heavy atom. The molecule has 1 fully saturated rings. The quantitative estimate of drug-likeness (QED) is 0.665. The molecule has 0 bridgehead atoms. The van der Waals surface area contributed by atoms with Crippen LogP contribution in [0.4, 0.5) is 4.39 Å². The number of hydrogen-bond donors (Lipinski definition) is 2. The van der Waals surface area contributed by atoms with Gasteiger partial charge in [-0.3, -0.25) is 9.59 Å². The van der Waals surface area contributed by atoms with Gasteiger partial charge in [0.1, 0.15) is 5.92 Å². The lowest BCUT2D eigenvalue weighted by molar-refractivity contribution is -0.145. The van der Waals surface area contributed by atoms with E-state index < -0.39 is 29.7 Å². The van der Waals surface area contributed by atoms with Gasteiger partial charge < -0.3 is 10.4 Å². The molecule has 1 aromatic heterocycles. The monoisotopic (exact) mass is 227 g/mol. The second kappa shape index (κ2) is 3.58. The Morgan fingerprint density at radius 2 is 2.44 bits per heavy atom. The van der Waals surface area contributed by atoms with Crippen molar-refractivity contribution in [3.8, 4) is 0 Å². The van der Waals surface area contributed by atoms with Gasteiger partial charge in [0.15, 0.2) is 0 Å². The first-order valence-electron chi connectivity index (χ1n) is 4.70. The van der Waals surface area contributed by atoms with Crippen molar-refractivity contribution in [3.63, 3.8) is 0 Å². The molecule has 7 heteroatoms. The highest BCUT2D eigenvalue weighted by Crippen LogP contribution is 2.28. The summed E-state index contributed by atoms with van der Waals surface area (Å²) in [7, 11) is 1.42. The molecule has 1 aromatic rings. The molecule has 86 valence electrons. The van der Waals surface area contributed by atoms with Crippen LogP contribution in [-0.2, 0) is 16.6 Å². The number of hydrogen-bond acceptors (Lipinski definition) is 3. The van der Waals surface area contributed by atoms with Crippen LogP contribution in [0.15, 0.2) is 6.07 Å². The average Bonchev–Trinajstić information content (AvgIpc) is 2.71. The van der Waals surface area contributed by atoms with E-state index >= 15 is 0 Å². The molecule has 1 amide bonds. The smallest absolute Gasteiger partial charge is 0.316 e. The van der Waals surface area contributed by atoms with E-state index in [1.54, 1.807) is 0 Å². The Bertz CT molecular complexity index is 437. The highest BCUT2D eigenvalue weighted by molar-refractivity contribution is 5.99. The van der Waals surface area contributed by atoms with Crippen molar-refractivity contribution in [2.45, 2.75) is 5.92 Å². The molecule has 1 saturated heterocycles. The van der Waals surface area contributed by atoms with E-state index in [-0.39, 0.29) is 12.2 Å². The summed E-state index contributed by atoms with van der Waals surface area (Å²) in [6, 6.07) is 1.15. The molecule has 2 atom stereocenters. The Balaban J connectivity index is 2.33. The predicted octanol–water partition coefficient (Wildman–Crippen LogP) is -0.527. The minimum Gasteiger partial charge on any atom is -0.481 e. The van der Waals surface area contributed by atoms with Gasteiger partial charge in [-0.1, -0.05) is 0 Å². The SMILES string of the molecule is Cn1nc([C@H]2CNC(=O)C2C(=O)O)cc1F. The highest BCUT2D eigenvalue weighted by Gasteiger charge is 2.42. The van der Waals surface area contributed by atoms with Gasteiger partial charge in [0.2, 0.25) is 11.9 Å². The Hall–Kier alpha value is -1.92. The molecule has 16 heavy (non-hydrogen) atoms. The lowest BCUT2D eigenvalue weighted by atomic mass is 9.93. The lowest BCUT2D eigenvalue weighted by Crippen LogP contribution is -2.26. The summed E-state index contributed by atoms with van der Waals surface area (Å²) < 4.78 is 14.1. The maximum atomic E-state index is 13.1. The number of amides is 1. The molecule has 2 heterocycles. The molecule has 1 aliphatic rings. The van der Waals surface area contributed by atoms with Crippen LogP contribution in [0.2, 0.25) is 0 Å². The number of halogens is 1. The van der Waals surface area contributed by atoms with Gasteiger partial charge in [0.05, 0.1) is 5.69 Å². The number of rotatable bonds is 2. The van der Waals surface area contributed by atoms with Crippen molar-refractivity contribution in [2.24, 2.45) is 13.0 Å². The van der Waals surface area contributed by atoms with Crippen molar-refractivity contribution in [1.82, 2.24) is 15.1 Å². The van der Waals surface area contributed by atoms with E-state index in [0.29, 0.717) is 0 Å². The largest absolute Gasteiger partial charge is 0.481 e. The van der Waals surface area contributed by atoms with Crippen molar-refractivity contribution in [2.75, 3.05) is 6.54 Å². The summed E-state index contributed by atoms with van der Waals surface area (Å²) in [4.78, 5) is 22.2. The van der Waals surface area contributed by atoms with Crippen LogP contribution >= 0.6 is 0 Å². The molecule has 0 radical (unpaired) electrons. The number of carbonyl (C=O) groups excluding carboxylic acids is 1. The van der Waals surface area contributed by atoms with Gasteiger partial charge in [0, 0.05) is 25.6 Å². The van der Waals surface area contributed by atoms with Crippen LogP contribution in [0.5, 0.6) is 0 Å². The standard InChI is InChI=1S/C9H10FN3O3/c1-13-6(10)2-5(12-13)4-3-11-8(14)7(4)9(15)16/h2,4,7H,3H2,1H3,(H,11,14)(H,15,16)/t4-,7?/m1/s1. The molecule has 6 nitrogen and oxygen atoms in total. The van der Waals surface area contributed by atoms with E-state index in [1.807, 2.05) is 0 Å². The van der Waals surface area contributed by atoms with Crippen molar-refractivity contribution in [3.05, 3.63) is 17.7 Å². The molecule has 1 unspecified atom stereocenters. The summed E-state index contributed by atoms with van der Waals surface area (Å²) in [5.41, 5.74) is 0.283. The molecule has 0 aliphatic carbocycles. The zero-order valence-electron chi connectivity index (χ0n) is 8.48. The second-order valence-electron chi connectivity index (χ2n) is 3.68. The summed E-state index contributed by atoms with van der Waals surface area (Å²) in [5.74, 6) is -4.12. The first-order chi connectivity index (χ1) is 7.50. The van der Waals surface area contributed by atoms with Crippen LogP contribution in [0.3, 0.4) is 0 Å². The fourth-order valence-electron chi connectivity index (χ4n) is 1.83. The van der Waals surface area contributed by atoms with E-state index in [9.17, 15) is 14.0 Å². The fourth-order valence-corrected chi connectivity index (χ4v) is 1.83. The minimum absolute atomic E-state index is 0.173. The van der Waals surface area contributed by atoms with Crippen molar-refractivity contribution >= 4 is 11.9 Å². The summed E-state index contributed by atoms with van der Waals surface area (Å²) >= 11 is 0. The highest BCUT2D eigenvalue weighted by atomic mass is 19.1. The number of carboxylic acids is 1. The topological polar surface area (TPSA) is 84.2 Å². The molecule has 0 spiro atoms. The summed E-state index contributed by atoms with van der Waals surface area (Å²) in [5, 5.41) is 15.2. The van der Waals surface area contributed by atoms with E-state index in [1.165, 1.54) is 7.05 Å². The number of carbonyl (C=O) groups is 2. The van der Waals surface area contributed by atoms with Gasteiger partial charge in [-0.05, 0) is 0 Å². The van der Waals surface area contributed by atoms with Crippen LogP contribution in [0.1, 0.15) is 11.6 Å². The van der Waals surface area contributed by atoms with E-state index in [4.69, 9.17) is 5.11 Å². The predicted molar refractivity (Wildman–Crippen MR) is 50.0 cm³/mol. The van der Waals surface area contributed by atoms with Crippen LogP contribution in [0, 0.1) is 11.9 Å². The molecule has 2 rings (SSSR count). The maximum Gasteiger partial charge on any atom is 0.316 e. The first kappa shape index (κ1) is 10.6. The number of nitrogens with one attached hydrogen (secondary N) is 1. The zero-order chi connectivity index (χ0) is 11.9. The number of carboxylic acid groups (broad SMARTS) is 1. The van der Waals surface area contributed by atoms with E-state index in [2.05, 4.69) is 10.4 Å². The molecular formula is C9H10FN3O3. The van der Waals surface area contributed by atoms with Crippen molar-refractivity contribution < 1.29 is 19.1 Å². The third-order valence-electron chi connectivity index (χ3n) is 2.67. The Kier molecular flexibility index (Phi) is 2.37. The van der Waals surface area contributed by atoms with Gasteiger partial charge in [-0.15, -0.1) is 0 Å². The lowest BCUT2D eigenvalue weighted by Gasteiger charge is -2.09. The van der Waals surface area contributed by atoms with Gasteiger partial charge in [-0.25, -0.2) is 4.68 Å². The number of aromatic nitrogens is 2. The summed E-state index contributed by atoms with van der Waals surface area (Å²) in [6.07, 6.45) is 0. The minimum atomic E-state index is -1.22. The molecule has 0 saturated carbocycles. The normalized spacial score (nSPS) is 24.5. The van der Waals surface area contributed by atoms with Crippen LogP contribution in [0.25, 0.3) is 0 Å². The maximum absolute atomic E-state index is 13.1. The molecular weight excluding hydrogens is 217 g/mol. The zero-order valence-corrected chi connectivity index (χ0v) is 8.48. The van der Waals surface area contributed by atoms with Gasteiger partial charge in [0.25, 0.3) is 0 Å². The second-order valence-corrected chi connectivity index (χ2v) is 3.68. The molecule has 0 aromatic carbocycles. The van der Waals surface area contributed by atoms with Crippen LogP contribution in [-0.4, -0.2) is 33.3 Å². The molecule has 1 aliphatic heterocycles. The van der Waals surface area contributed by atoms with Gasteiger partial charge >= 0.3 is 5.97 Å². The third kappa shape index (κ3) is 1.54. The Labute approximate surface area is 90.1 Å². The van der Waals surface area contributed by atoms with Gasteiger partial charge in [-0.2, -0.15) is 9.49 Å². The van der Waals surface area contributed by atoms with E-state index in [0.717, 1.165) is 10.7 Å². The fraction of sp³-hybridized carbons (Fsp3) is 0.444. The first-order valence-corrected chi connectivity index (χ1v) is 4.70. The van der Waals surface area contributed by atoms with Crippen LogP contribution < -0.4 is 5.32 Å². The average molecular weight is 227 g/mol. The third-order valence-corrected chi connectivity index (χ3v) is 2.67. The molecule has 2 N–H and O–H groups in total. The number of aryl methyl sites for hydroxylation is 1. The number of aliphatic carboxylic acids is 1. The summed E-state index contributed by atoms with van der Waals surface area (Å²) in [6.45, 7) is 0.173.